The Kier molecular flexibility index (Phi) is 4.51. The van der Waals surface area contributed by atoms with Crippen LogP contribution in [0.4, 0.5) is 4.39 Å². The third-order valence-electron chi connectivity index (χ3n) is 3.04. The van der Waals surface area contributed by atoms with Crippen LogP contribution in [0.1, 0.15) is 12.5 Å². The number of carbonyl (C=O) groups is 1. The van der Waals surface area contributed by atoms with Crippen LogP contribution in [0.15, 0.2) is 21.7 Å². The summed E-state index contributed by atoms with van der Waals surface area (Å²) in [7, 11) is -4.52. The molecule has 1 heterocycles. The van der Waals surface area contributed by atoms with Gasteiger partial charge in [-0.05, 0) is 12.1 Å². The summed E-state index contributed by atoms with van der Waals surface area (Å²) < 4.78 is 24.7. The number of amides is 1. The number of carbonyl (C=O) groups excluding carboxylic acids is 1. The van der Waals surface area contributed by atoms with Gasteiger partial charge in [0, 0.05) is 19.0 Å². The van der Waals surface area contributed by atoms with E-state index in [4.69, 9.17) is 9.79 Å². The van der Waals surface area contributed by atoms with Gasteiger partial charge >= 0.3 is 18.7 Å². The summed E-state index contributed by atoms with van der Waals surface area (Å²) in [6.45, 7) is 0.748. The van der Waals surface area contributed by atoms with Crippen molar-refractivity contribution in [1.29, 1.82) is 0 Å². The molecule has 0 saturated carbocycles. The highest BCUT2D eigenvalue weighted by Gasteiger charge is 2.22. The van der Waals surface area contributed by atoms with Crippen molar-refractivity contribution in [2.45, 2.75) is 13.5 Å². The average molecular weight is 345 g/mol. The van der Waals surface area contributed by atoms with Gasteiger partial charge in [-0.15, -0.1) is 0 Å². The highest BCUT2D eigenvalue weighted by molar-refractivity contribution is 7.51. The lowest BCUT2D eigenvalue weighted by atomic mass is 10.1. The van der Waals surface area contributed by atoms with Crippen LogP contribution in [0.3, 0.4) is 0 Å². The van der Waals surface area contributed by atoms with E-state index in [1.165, 1.54) is 0 Å². The summed E-state index contributed by atoms with van der Waals surface area (Å²) in [6, 6.07) is 1.99. The number of H-pyrrole nitrogens is 2. The van der Waals surface area contributed by atoms with Crippen molar-refractivity contribution in [3.05, 3.63) is 44.2 Å². The van der Waals surface area contributed by atoms with Crippen LogP contribution < -0.4 is 11.1 Å². The van der Waals surface area contributed by atoms with E-state index < -0.39 is 36.7 Å². The van der Waals surface area contributed by atoms with Crippen molar-refractivity contribution < 1.29 is 23.5 Å². The summed E-state index contributed by atoms with van der Waals surface area (Å²) in [4.78, 5) is 57.5. The first-order chi connectivity index (χ1) is 10.6. The van der Waals surface area contributed by atoms with Gasteiger partial charge in [-0.2, -0.15) is 0 Å². The average Bonchev–Trinajstić information content (AvgIpc) is 2.38. The van der Waals surface area contributed by atoms with E-state index in [0.29, 0.717) is 0 Å². The van der Waals surface area contributed by atoms with Crippen LogP contribution in [0.25, 0.3) is 11.0 Å². The van der Waals surface area contributed by atoms with Gasteiger partial charge in [0.1, 0.15) is 12.1 Å². The van der Waals surface area contributed by atoms with E-state index in [2.05, 4.69) is 9.97 Å². The number of benzene rings is 1. The fourth-order valence-electron chi connectivity index (χ4n) is 2.07. The highest BCUT2D eigenvalue weighted by Crippen LogP contribution is 2.35. The van der Waals surface area contributed by atoms with Gasteiger partial charge in [0.15, 0.2) is 0 Å². The molecular formula is C12H13FN3O6P. The van der Waals surface area contributed by atoms with E-state index in [9.17, 15) is 23.3 Å². The Morgan fingerprint density at radius 2 is 1.87 bits per heavy atom. The Morgan fingerprint density at radius 1 is 1.26 bits per heavy atom. The smallest absolute Gasteiger partial charge is 0.327 e. The molecule has 0 unspecified atom stereocenters. The molecule has 124 valence electrons. The third-order valence-corrected chi connectivity index (χ3v) is 3.75. The minimum atomic E-state index is -4.52. The van der Waals surface area contributed by atoms with Crippen LogP contribution in [-0.4, -0.2) is 36.8 Å². The number of nitrogens with one attached hydrogen (secondary N) is 2. The molecule has 0 spiro atoms. The van der Waals surface area contributed by atoms with Gasteiger partial charge in [-0.25, -0.2) is 4.39 Å². The lowest BCUT2D eigenvalue weighted by Gasteiger charge is -2.22. The van der Waals surface area contributed by atoms with Crippen LogP contribution in [0.2, 0.25) is 0 Å². The Hall–Kier alpha value is -2.29. The molecule has 4 N–H and O–H groups in total. The fourth-order valence-corrected chi connectivity index (χ4v) is 2.82. The third kappa shape index (κ3) is 4.13. The van der Waals surface area contributed by atoms with Crippen molar-refractivity contribution >= 4 is 24.5 Å². The van der Waals surface area contributed by atoms with Gasteiger partial charge < -0.3 is 24.7 Å². The maximum atomic E-state index is 13.6. The zero-order valence-electron chi connectivity index (χ0n) is 11.9. The van der Waals surface area contributed by atoms with Gasteiger partial charge in [0.25, 0.3) is 0 Å². The molecule has 0 aliphatic carbocycles. The molecule has 2 aromatic rings. The number of halogens is 1. The lowest BCUT2D eigenvalue weighted by Crippen LogP contribution is -2.31. The van der Waals surface area contributed by atoms with Gasteiger partial charge in [0.2, 0.25) is 5.91 Å². The van der Waals surface area contributed by atoms with Crippen LogP contribution in [0.5, 0.6) is 0 Å². The summed E-state index contributed by atoms with van der Waals surface area (Å²) in [5.41, 5.74) is -1.75. The summed E-state index contributed by atoms with van der Waals surface area (Å²) in [5, 5.41) is 0. The monoisotopic (exact) mass is 345 g/mol. The van der Waals surface area contributed by atoms with Crippen LogP contribution in [0, 0.1) is 5.82 Å². The Labute approximate surface area is 127 Å². The molecule has 0 radical (unpaired) electrons. The number of aromatic nitrogens is 2. The summed E-state index contributed by atoms with van der Waals surface area (Å²) in [5.74, 6) is -1.38. The molecular weight excluding hydrogens is 332 g/mol. The molecule has 11 heteroatoms. The van der Waals surface area contributed by atoms with Crippen molar-refractivity contribution in [2.24, 2.45) is 0 Å². The van der Waals surface area contributed by atoms with Crippen molar-refractivity contribution in [3.63, 3.8) is 0 Å². The molecule has 1 aromatic carbocycles. The second kappa shape index (κ2) is 6.07. The minimum absolute atomic E-state index is 0.00396. The second-order valence-corrected chi connectivity index (χ2v) is 6.53. The van der Waals surface area contributed by atoms with Crippen molar-refractivity contribution in [3.8, 4) is 0 Å². The maximum Gasteiger partial charge on any atom is 0.344 e. The Balaban J connectivity index is 2.55. The zero-order valence-corrected chi connectivity index (χ0v) is 12.8. The first-order valence-corrected chi connectivity index (χ1v) is 8.11. The second-order valence-electron chi connectivity index (χ2n) is 4.92. The highest BCUT2D eigenvalue weighted by atomic mass is 31.2. The standard InChI is InChI=1S/C12H13FN3O6P/c1-6(17)16(5-23(20,21)22)4-7-2-8(13)3-9-10(7)15-12(19)11(18)14-9/h2-3H,4-5H2,1H3,(H,14,18)(H,15,19)(H2,20,21,22). The molecule has 0 fully saturated rings. The lowest BCUT2D eigenvalue weighted by molar-refractivity contribution is -0.128. The molecule has 1 amide bonds. The Morgan fingerprint density at radius 3 is 2.43 bits per heavy atom. The van der Waals surface area contributed by atoms with Crippen molar-refractivity contribution in [2.75, 3.05) is 6.29 Å². The predicted octanol–water partition coefficient (Wildman–Crippen LogP) is -0.161. The topological polar surface area (TPSA) is 144 Å². The van der Waals surface area contributed by atoms with E-state index in [1.54, 1.807) is 0 Å². The zero-order chi connectivity index (χ0) is 17.4. The largest absolute Gasteiger partial charge is 0.344 e. The van der Waals surface area contributed by atoms with Gasteiger partial charge in [-0.1, -0.05) is 0 Å². The summed E-state index contributed by atoms with van der Waals surface area (Å²) >= 11 is 0. The number of hydrogen-bond donors (Lipinski definition) is 4. The number of fused-ring (bicyclic) bond motifs is 1. The molecule has 9 nitrogen and oxygen atoms in total. The predicted molar refractivity (Wildman–Crippen MR) is 78.3 cm³/mol. The van der Waals surface area contributed by atoms with Gasteiger partial charge in [0.05, 0.1) is 11.0 Å². The minimum Gasteiger partial charge on any atom is -0.327 e. The van der Waals surface area contributed by atoms with Crippen LogP contribution >= 0.6 is 7.60 Å². The van der Waals surface area contributed by atoms with Crippen molar-refractivity contribution in [1.82, 2.24) is 14.9 Å². The Bertz CT molecular complexity index is 931. The molecule has 23 heavy (non-hydrogen) atoms. The van der Waals surface area contributed by atoms with E-state index in [0.717, 1.165) is 24.0 Å². The van der Waals surface area contributed by atoms with E-state index >= 15 is 0 Å². The molecule has 0 bridgehead atoms. The molecule has 1 aromatic heterocycles. The van der Waals surface area contributed by atoms with E-state index in [1.807, 2.05) is 0 Å². The maximum absolute atomic E-state index is 13.6. The first kappa shape index (κ1) is 17.1. The molecule has 0 atom stereocenters. The van der Waals surface area contributed by atoms with E-state index in [-0.39, 0.29) is 23.1 Å². The number of rotatable bonds is 4. The number of aromatic amines is 2. The quantitative estimate of drug-likeness (QED) is 0.448. The number of hydrogen-bond acceptors (Lipinski definition) is 4. The summed E-state index contributed by atoms with van der Waals surface area (Å²) in [6.07, 6.45) is -0.853. The normalized spacial score (nSPS) is 11.7. The number of nitrogens with zero attached hydrogens (tertiary/aromatic N) is 1. The van der Waals surface area contributed by atoms with Gasteiger partial charge in [-0.3, -0.25) is 18.9 Å². The fraction of sp³-hybridized carbons (Fsp3) is 0.250. The first-order valence-electron chi connectivity index (χ1n) is 6.31. The molecule has 2 rings (SSSR count). The SMILES string of the molecule is CC(=O)N(Cc1cc(F)cc2[nH]c(=O)c(=O)[nH]c12)CP(=O)(O)O. The molecule has 0 saturated heterocycles. The molecule has 0 aliphatic heterocycles. The molecule has 0 aliphatic rings. The van der Waals surface area contributed by atoms with Crippen LogP contribution in [-0.2, 0) is 15.9 Å².